The molecule has 3 N–H and O–H groups in total. The third-order valence-corrected chi connectivity index (χ3v) is 4.60. The second-order valence-electron chi connectivity index (χ2n) is 5.86. The fourth-order valence-corrected chi connectivity index (χ4v) is 3.26. The standard InChI is InChI=1S/C19H22N4OS/c1-25-13-18-22-16-9-5-6-10-17(16)23(18)12-19(24)21-11-15(20)14-7-3-2-4-8-14/h2-10,15H,11-13,20H2,1H3,(H,21,24). The number of thioether (sulfide) groups is 1. The minimum atomic E-state index is -0.213. The molecule has 0 radical (unpaired) electrons. The molecule has 0 aliphatic rings. The molecular weight excluding hydrogens is 332 g/mol. The van der Waals surface area contributed by atoms with Crippen LogP contribution in [-0.4, -0.2) is 28.3 Å². The smallest absolute Gasteiger partial charge is 0.240 e. The van der Waals surface area contributed by atoms with E-state index in [0.717, 1.165) is 28.2 Å². The lowest BCUT2D eigenvalue weighted by molar-refractivity contribution is -0.121. The number of benzene rings is 2. The average Bonchev–Trinajstić information content (AvgIpc) is 2.98. The van der Waals surface area contributed by atoms with Gasteiger partial charge < -0.3 is 15.6 Å². The first-order valence-corrected chi connectivity index (χ1v) is 9.58. The van der Waals surface area contributed by atoms with Crippen LogP contribution in [0.5, 0.6) is 0 Å². The van der Waals surface area contributed by atoms with Crippen molar-refractivity contribution in [3.8, 4) is 0 Å². The number of aromatic nitrogens is 2. The Bertz CT molecular complexity index is 847. The van der Waals surface area contributed by atoms with Gasteiger partial charge in [0.15, 0.2) is 0 Å². The van der Waals surface area contributed by atoms with Crippen LogP contribution in [0.3, 0.4) is 0 Å². The summed E-state index contributed by atoms with van der Waals surface area (Å²) in [6.07, 6.45) is 2.03. The fourth-order valence-electron chi connectivity index (χ4n) is 2.78. The van der Waals surface area contributed by atoms with Gasteiger partial charge in [0.2, 0.25) is 5.91 Å². The van der Waals surface area contributed by atoms with Crippen LogP contribution in [0.2, 0.25) is 0 Å². The van der Waals surface area contributed by atoms with Crippen molar-refractivity contribution in [1.29, 1.82) is 0 Å². The minimum absolute atomic E-state index is 0.0584. The summed E-state index contributed by atoms with van der Waals surface area (Å²) in [5.41, 5.74) is 9.06. The van der Waals surface area contributed by atoms with Crippen molar-refractivity contribution in [1.82, 2.24) is 14.9 Å². The first kappa shape index (κ1) is 17.5. The number of amides is 1. The van der Waals surface area contributed by atoms with Gasteiger partial charge in [-0.3, -0.25) is 4.79 Å². The summed E-state index contributed by atoms with van der Waals surface area (Å²) in [6.45, 7) is 0.658. The number of para-hydroxylation sites is 2. The lowest BCUT2D eigenvalue weighted by atomic mass is 10.1. The van der Waals surface area contributed by atoms with Crippen LogP contribution in [0, 0.1) is 0 Å². The number of fused-ring (bicyclic) bond motifs is 1. The van der Waals surface area contributed by atoms with E-state index in [4.69, 9.17) is 5.73 Å². The van der Waals surface area contributed by atoms with E-state index in [-0.39, 0.29) is 18.5 Å². The van der Waals surface area contributed by atoms with Crippen LogP contribution in [-0.2, 0) is 17.1 Å². The van der Waals surface area contributed by atoms with Gasteiger partial charge in [-0.05, 0) is 24.0 Å². The highest BCUT2D eigenvalue weighted by Gasteiger charge is 2.14. The summed E-state index contributed by atoms with van der Waals surface area (Å²) in [5.74, 6) is 1.62. The molecule has 0 bridgehead atoms. The number of hydrogen-bond donors (Lipinski definition) is 2. The van der Waals surface area contributed by atoms with E-state index in [9.17, 15) is 4.79 Å². The van der Waals surface area contributed by atoms with E-state index in [1.807, 2.05) is 65.4 Å². The van der Waals surface area contributed by atoms with E-state index >= 15 is 0 Å². The Kier molecular flexibility index (Phi) is 5.73. The molecule has 0 saturated carbocycles. The van der Waals surface area contributed by atoms with Crippen LogP contribution in [0.4, 0.5) is 0 Å². The summed E-state index contributed by atoms with van der Waals surface area (Å²) in [7, 11) is 0. The van der Waals surface area contributed by atoms with Gasteiger partial charge in [0.1, 0.15) is 12.4 Å². The first-order valence-electron chi connectivity index (χ1n) is 8.19. The van der Waals surface area contributed by atoms with Gasteiger partial charge >= 0.3 is 0 Å². The third kappa shape index (κ3) is 4.21. The number of nitrogens with two attached hydrogens (primary N) is 1. The van der Waals surface area contributed by atoms with Crippen molar-refractivity contribution in [3.05, 3.63) is 66.0 Å². The highest BCUT2D eigenvalue weighted by molar-refractivity contribution is 7.97. The number of nitrogens with one attached hydrogen (secondary N) is 1. The molecule has 0 aliphatic carbocycles. The summed E-state index contributed by atoms with van der Waals surface area (Å²) >= 11 is 1.69. The average molecular weight is 354 g/mol. The molecule has 3 aromatic rings. The van der Waals surface area contributed by atoms with Crippen molar-refractivity contribution in [3.63, 3.8) is 0 Å². The Balaban J connectivity index is 1.68. The van der Waals surface area contributed by atoms with Gasteiger partial charge in [0.05, 0.1) is 16.8 Å². The highest BCUT2D eigenvalue weighted by atomic mass is 32.2. The highest BCUT2D eigenvalue weighted by Crippen LogP contribution is 2.18. The number of imidazole rings is 1. The van der Waals surface area contributed by atoms with E-state index in [1.165, 1.54) is 0 Å². The number of nitrogens with zero attached hydrogens (tertiary/aromatic N) is 2. The molecule has 2 aromatic carbocycles. The van der Waals surface area contributed by atoms with Crippen LogP contribution >= 0.6 is 11.8 Å². The molecule has 3 rings (SSSR count). The van der Waals surface area contributed by atoms with E-state index in [2.05, 4.69) is 10.3 Å². The SMILES string of the molecule is CSCc1nc2ccccc2n1CC(=O)NCC(N)c1ccccc1. The van der Waals surface area contributed by atoms with Crippen LogP contribution in [0.25, 0.3) is 11.0 Å². The molecule has 25 heavy (non-hydrogen) atoms. The van der Waals surface area contributed by atoms with E-state index < -0.39 is 0 Å². The Hall–Kier alpha value is -2.31. The van der Waals surface area contributed by atoms with Crippen molar-refractivity contribution < 1.29 is 4.79 Å². The molecule has 1 atom stereocenters. The van der Waals surface area contributed by atoms with Crippen LogP contribution in [0.15, 0.2) is 54.6 Å². The Morgan fingerprint density at radius 1 is 1.20 bits per heavy atom. The van der Waals surface area contributed by atoms with Crippen LogP contribution < -0.4 is 11.1 Å². The second-order valence-corrected chi connectivity index (χ2v) is 6.72. The predicted molar refractivity (Wildman–Crippen MR) is 103 cm³/mol. The maximum Gasteiger partial charge on any atom is 0.240 e. The quantitative estimate of drug-likeness (QED) is 0.684. The van der Waals surface area contributed by atoms with Gasteiger partial charge in [-0.15, -0.1) is 0 Å². The second kappa shape index (κ2) is 8.18. The molecule has 0 spiro atoms. The van der Waals surface area contributed by atoms with Crippen molar-refractivity contribution in [2.75, 3.05) is 12.8 Å². The van der Waals surface area contributed by atoms with Gasteiger partial charge in [-0.25, -0.2) is 4.98 Å². The van der Waals surface area contributed by atoms with Gasteiger partial charge in [0.25, 0.3) is 0 Å². The molecule has 130 valence electrons. The van der Waals surface area contributed by atoms with Crippen molar-refractivity contribution in [2.45, 2.75) is 18.3 Å². The number of hydrogen-bond acceptors (Lipinski definition) is 4. The molecular formula is C19H22N4OS. The Labute approximate surface area is 151 Å². The zero-order chi connectivity index (χ0) is 17.6. The molecule has 1 aromatic heterocycles. The largest absolute Gasteiger partial charge is 0.353 e. The maximum absolute atomic E-state index is 12.4. The molecule has 5 nitrogen and oxygen atoms in total. The van der Waals surface area contributed by atoms with Gasteiger partial charge in [-0.1, -0.05) is 42.5 Å². The lowest BCUT2D eigenvalue weighted by Gasteiger charge is -2.14. The minimum Gasteiger partial charge on any atom is -0.353 e. The number of carbonyl (C=O) groups is 1. The summed E-state index contributed by atoms with van der Waals surface area (Å²) in [4.78, 5) is 17.1. The molecule has 1 unspecified atom stereocenters. The van der Waals surface area contributed by atoms with Crippen molar-refractivity contribution in [2.24, 2.45) is 5.73 Å². The molecule has 0 saturated heterocycles. The molecule has 1 heterocycles. The van der Waals surface area contributed by atoms with Gasteiger partial charge in [0, 0.05) is 12.6 Å². The monoisotopic (exact) mass is 354 g/mol. The predicted octanol–water partition coefficient (Wildman–Crippen LogP) is 2.72. The van der Waals surface area contributed by atoms with Crippen LogP contribution in [0.1, 0.15) is 17.4 Å². The Morgan fingerprint density at radius 3 is 2.68 bits per heavy atom. The first-order chi connectivity index (χ1) is 12.2. The normalized spacial score (nSPS) is 12.2. The Morgan fingerprint density at radius 2 is 1.92 bits per heavy atom. The topological polar surface area (TPSA) is 72.9 Å². The fraction of sp³-hybridized carbons (Fsp3) is 0.263. The summed E-state index contributed by atoms with van der Waals surface area (Å²) in [6, 6.07) is 17.5. The molecule has 0 aliphatic heterocycles. The summed E-state index contributed by atoms with van der Waals surface area (Å²) in [5, 5.41) is 2.93. The zero-order valence-corrected chi connectivity index (χ0v) is 15.0. The van der Waals surface area contributed by atoms with Gasteiger partial charge in [-0.2, -0.15) is 11.8 Å². The van der Waals surface area contributed by atoms with E-state index in [1.54, 1.807) is 11.8 Å². The maximum atomic E-state index is 12.4. The number of carbonyl (C=O) groups excluding carboxylic acids is 1. The molecule has 6 heteroatoms. The zero-order valence-electron chi connectivity index (χ0n) is 14.2. The van der Waals surface area contributed by atoms with E-state index in [0.29, 0.717) is 6.54 Å². The third-order valence-electron chi connectivity index (χ3n) is 4.06. The lowest BCUT2D eigenvalue weighted by Crippen LogP contribution is -2.34. The summed E-state index contributed by atoms with van der Waals surface area (Å²) < 4.78 is 1.98. The van der Waals surface area contributed by atoms with Crippen molar-refractivity contribution >= 4 is 28.7 Å². The number of rotatable bonds is 7. The molecule has 1 amide bonds. The molecule has 0 fully saturated rings.